The van der Waals surface area contributed by atoms with Gasteiger partial charge in [0.2, 0.25) is 5.91 Å². The van der Waals surface area contributed by atoms with Crippen LogP contribution in [0.3, 0.4) is 0 Å². The number of carbonyl (C=O) groups excluding carboxylic acids is 3. The number of methoxy groups -OCH3 is 1. The highest BCUT2D eigenvalue weighted by molar-refractivity contribution is 7.10. The summed E-state index contributed by atoms with van der Waals surface area (Å²) < 4.78 is 20.8. The third-order valence-corrected chi connectivity index (χ3v) is 12.9. The van der Waals surface area contributed by atoms with Gasteiger partial charge in [0.1, 0.15) is 23.2 Å². The Bertz CT molecular complexity index is 2120. The Hall–Kier alpha value is -4.17. The van der Waals surface area contributed by atoms with E-state index in [0.29, 0.717) is 37.4 Å². The molecule has 2 aliphatic heterocycles. The lowest BCUT2D eigenvalue weighted by molar-refractivity contribution is -0.157. The summed E-state index contributed by atoms with van der Waals surface area (Å²) in [5.74, 6) is -0.555. The quantitative estimate of drug-likeness (QED) is 0.168. The summed E-state index contributed by atoms with van der Waals surface area (Å²) >= 11 is 1.42. The first kappa shape index (κ1) is 41.0. The zero-order chi connectivity index (χ0) is 40.8. The lowest BCUT2D eigenvalue weighted by Crippen LogP contribution is -2.61. The molecule has 306 valence electrons. The number of thiazole rings is 1. The molecule has 1 saturated heterocycles. The Labute approximate surface area is 340 Å². The van der Waals surface area contributed by atoms with Crippen molar-refractivity contribution in [2.45, 2.75) is 105 Å². The topological polar surface area (TPSA) is 137 Å². The van der Waals surface area contributed by atoms with Gasteiger partial charge in [-0.05, 0) is 80.7 Å². The van der Waals surface area contributed by atoms with Crippen LogP contribution in [0, 0.1) is 29.1 Å². The van der Waals surface area contributed by atoms with Crippen LogP contribution in [-0.2, 0) is 41.6 Å². The number of aryl methyl sites for hydroxylation is 1. The van der Waals surface area contributed by atoms with Gasteiger partial charge in [-0.25, -0.2) is 10.4 Å². The molecule has 6 bridgehead atoms. The van der Waals surface area contributed by atoms with Crippen molar-refractivity contribution in [3.8, 4) is 22.5 Å². The maximum atomic E-state index is 14.7. The molecule has 13 heteroatoms. The number of rotatable bonds is 9. The average Bonchev–Trinajstić information content (AvgIpc) is 3.49. The van der Waals surface area contributed by atoms with Crippen LogP contribution in [0.1, 0.15) is 96.7 Å². The molecule has 7 rings (SSSR count). The van der Waals surface area contributed by atoms with Gasteiger partial charge in [-0.3, -0.25) is 24.4 Å². The third kappa shape index (κ3) is 8.26. The van der Waals surface area contributed by atoms with Gasteiger partial charge in [0.05, 0.1) is 29.8 Å². The van der Waals surface area contributed by atoms with Crippen molar-refractivity contribution in [3.05, 3.63) is 58.2 Å². The number of nitrogens with one attached hydrogen (secondary N) is 2. The Kier molecular flexibility index (Phi) is 11.9. The van der Waals surface area contributed by atoms with Crippen LogP contribution in [-0.4, -0.2) is 76.3 Å². The van der Waals surface area contributed by atoms with Crippen LogP contribution >= 0.6 is 11.3 Å². The molecule has 12 nitrogen and oxygen atoms in total. The number of benzene rings is 1. The van der Waals surface area contributed by atoms with Gasteiger partial charge in [0.25, 0.3) is 5.91 Å². The van der Waals surface area contributed by atoms with Crippen LogP contribution in [0.15, 0.2) is 41.9 Å². The summed E-state index contributed by atoms with van der Waals surface area (Å²) in [6, 6.07) is 8.71. The first-order chi connectivity index (χ1) is 27.2. The largest absolute Gasteiger partial charge is 0.464 e. The lowest BCUT2D eigenvalue weighted by Gasteiger charge is -2.37. The predicted octanol–water partition coefficient (Wildman–Crippen LogP) is 7.28. The molecule has 7 atom stereocenters. The van der Waals surface area contributed by atoms with Gasteiger partial charge in [-0.2, -0.15) is 0 Å². The van der Waals surface area contributed by atoms with Gasteiger partial charge in [-0.15, -0.1) is 11.3 Å². The van der Waals surface area contributed by atoms with Crippen molar-refractivity contribution in [3.63, 3.8) is 0 Å². The summed E-state index contributed by atoms with van der Waals surface area (Å²) in [6.45, 7) is 18.2. The van der Waals surface area contributed by atoms with Crippen molar-refractivity contribution in [2.24, 2.45) is 29.1 Å². The Morgan fingerprint density at radius 2 is 1.93 bits per heavy atom. The minimum Gasteiger partial charge on any atom is -0.464 e. The second kappa shape index (κ2) is 16.6. The molecule has 3 aromatic heterocycles. The number of nitrogens with zero attached hydrogens (tertiary/aromatic N) is 4. The molecule has 1 saturated carbocycles. The van der Waals surface area contributed by atoms with Gasteiger partial charge in [0.15, 0.2) is 0 Å². The van der Waals surface area contributed by atoms with Crippen molar-refractivity contribution in [1.29, 1.82) is 0 Å². The molecular weight excluding hydrogens is 741 g/mol. The van der Waals surface area contributed by atoms with E-state index in [4.69, 9.17) is 24.2 Å². The standard InChI is InChI=1S/C44H58N6O6S/c1-10-49-34-16-15-28-19-30(34)31(38(49)29-13-11-17-45-36(29)27(6)54-9)20-44(7,8)23-56-43(53)32-14-12-18-50(48-32)42(52)37(47-40(51)35-25(4)26(35)5)39(55-21-24(2)3)41-46-33(28)22-57-41/h11,13,15-17,19,22,24-27,32,35,37,39,48H,10,12,14,18,20-21,23H2,1-9H3,(H,47,51)/t25-,26+,27-,32-,35+,37-,39-/m0/s1. The maximum absolute atomic E-state index is 14.7. The number of carbonyl (C=O) groups is 3. The molecule has 3 aliphatic rings. The summed E-state index contributed by atoms with van der Waals surface area (Å²) in [7, 11) is 1.70. The molecule has 0 radical (unpaired) electrons. The molecule has 1 aliphatic carbocycles. The van der Waals surface area contributed by atoms with Crippen LogP contribution in [0.4, 0.5) is 0 Å². The number of esters is 1. The van der Waals surface area contributed by atoms with Gasteiger partial charge in [0, 0.05) is 71.7 Å². The fraction of sp³-hybridized carbons (Fsp3) is 0.568. The lowest BCUT2D eigenvalue weighted by atomic mass is 9.84. The summed E-state index contributed by atoms with van der Waals surface area (Å²) in [5.41, 5.74) is 9.50. The van der Waals surface area contributed by atoms with E-state index < -0.39 is 29.6 Å². The molecule has 5 heterocycles. The number of aromatic nitrogens is 3. The SMILES string of the molecule is CCn1c(-c2cccnc2[C@H](C)OC)c2c3cc(ccc31)-c1csc(n1)[C@@H](OCC(C)C)[C@H](NC(=O)[C@H]1[C@H](C)[C@@H]1C)C(=O)N1CCC[C@H](N1)C(=O)OCC(C)(C)C2. The van der Waals surface area contributed by atoms with Crippen LogP contribution in [0.2, 0.25) is 0 Å². The molecule has 1 aromatic carbocycles. The van der Waals surface area contributed by atoms with Crippen LogP contribution in [0.5, 0.6) is 0 Å². The highest BCUT2D eigenvalue weighted by Crippen LogP contribution is 2.46. The monoisotopic (exact) mass is 798 g/mol. The highest BCUT2D eigenvalue weighted by Gasteiger charge is 2.50. The van der Waals surface area contributed by atoms with E-state index in [1.807, 2.05) is 18.4 Å². The predicted molar refractivity (Wildman–Crippen MR) is 221 cm³/mol. The first-order valence-corrected chi connectivity index (χ1v) is 21.4. The highest BCUT2D eigenvalue weighted by atomic mass is 32.1. The molecule has 0 unspecified atom stereocenters. The number of ether oxygens (including phenoxy) is 3. The number of hydrazine groups is 1. The van der Waals surface area contributed by atoms with E-state index in [1.165, 1.54) is 16.3 Å². The molecular formula is C44H58N6O6S. The molecule has 4 aromatic rings. The molecule has 2 fully saturated rings. The zero-order valence-electron chi connectivity index (χ0n) is 34.8. The van der Waals surface area contributed by atoms with E-state index in [2.05, 4.69) is 88.0 Å². The van der Waals surface area contributed by atoms with Crippen molar-refractivity contribution >= 4 is 40.0 Å². The Morgan fingerprint density at radius 3 is 2.63 bits per heavy atom. The minimum atomic E-state index is -1.08. The van der Waals surface area contributed by atoms with E-state index >= 15 is 0 Å². The third-order valence-electron chi connectivity index (χ3n) is 12.0. The number of fused-ring (bicyclic) bond motifs is 6. The second-order valence-corrected chi connectivity index (χ2v) is 18.2. The van der Waals surface area contributed by atoms with Gasteiger partial charge in [-0.1, -0.05) is 47.6 Å². The van der Waals surface area contributed by atoms with Crippen LogP contribution < -0.4 is 10.7 Å². The summed E-state index contributed by atoms with van der Waals surface area (Å²) in [6.07, 6.45) is 2.41. The second-order valence-electron chi connectivity index (χ2n) is 17.3. The fourth-order valence-corrected chi connectivity index (χ4v) is 9.36. The first-order valence-electron chi connectivity index (χ1n) is 20.5. The summed E-state index contributed by atoms with van der Waals surface area (Å²) in [5, 5.41) is 8.26. The van der Waals surface area contributed by atoms with E-state index in [0.717, 1.165) is 51.2 Å². The molecule has 2 N–H and O–H groups in total. The maximum Gasteiger partial charge on any atom is 0.324 e. The zero-order valence-corrected chi connectivity index (χ0v) is 35.6. The van der Waals surface area contributed by atoms with E-state index in [9.17, 15) is 14.4 Å². The number of pyridine rings is 1. The molecule has 2 amide bonds. The van der Waals surface area contributed by atoms with E-state index in [1.54, 1.807) is 13.3 Å². The fourth-order valence-electron chi connectivity index (χ4n) is 8.45. The van der Waals surface area contributed by atoms with Gasteiger partial charge < -0.3 is 24.1 Å². The van der Waals surface area contributed by atoms with Gasteiger partial charge >= 0.3 is 5.97 Å². The summed E-state index contributed by atoms with van der Waals surface area (Å²) in [4.78, 5) is 52.2. The van der Waals surface area contributed by atoms with Crippen molar-refractivity contribution in [1.82, 2.24) is 30.3 Å². The van der Waals surface area contributed by atoms with Crippen molar-refractivity contribution < 1.29 is 28.6 Å². The number of cyclic esters (lactones) is 1. The number of hydrogen-bond donors (Lipinski definition) is 2. The molecule has 57 heavy (non-hydrogen) atoms. The molecule has 0 spiro atoms. The smallest absolute Gasteiger partial charge is 0.324 e. The Morgan fingerprint density at radius 1 is 1.16 bits per heavy atom. The number of hydrogen-bond acceptors (Lipinski definition) is 10. The van der Waals surface area contributed by atoms with Crippen molar-refractivity contribution in [2.75, 3.05) is 26.9 Å². The number of amides is 2. The normalized spacial score (nSPS) is 25.6. The Balaban J connectivity index is 1.40. The van der Waals surface area contributed by atoms with Crippen LogP contribution in [0.25, 0.3) is 33.4 Å². The average molecular weight is 799 g/mol. The van der Waals surface area contributed by atoms with E-state index in [-0.39, 0.29) is 48.2 Å². The minimum absolute atomic E-state index is 0.161.